The van der Waals surface area contributed by atoms with Gasteiger partial charge in [-0.05, 0) is 41.7 Å². The molecule has 2 rings (SSSR count). The maximum absolute atomic E-state index is 12.0. The first kappa shape index (κ1) is 16.0. The molecule has 0 aromatic carbocycles. The normalized spacial score (nSPS) is 14.0. The first-order chi connectivity index (χ1) is 10.1. The van der Waals surface area contributed by atoms with Crippen LogP contribution in [0.3, 0.4) is 0 Å². The minimum absolute atomic E-state index is 0.195. The second kappa shape index (κ2) is 7.56. The van der Waals surface area contributed by atoms with Crippen molar-refractivity contribution in [1.29, 1.82) is 0 Å². The predicted octanol–water partition coefficient (Wildman–Crippen LogP) is 0.733. The molecule has 0 aliphatic heterocycles. The number of aromatic nitrogens is 2. The maximum atomic E-state index is 12.0. The Morgan fingerprint density at radius 2 is 2.29 bits per heavy atom. The molecule has 0 bridgehead atoms. The zero-order valence-corrected chi connectivity index (χ0v) is 13.5. The van der Waals surface area contributed by atoms with E-state index in [1.165, 1.54) is 26.1 Å². The van der Waals surface area contributed by atoms with Gasteiger partial charge in [0.1, 0.15) is 11.0 Å². The van der Waals surface area contributed by atoms with Crippen LogP contribution in [0.2, 0.25) is 0 Å². The maximum Gasteiger partial charge on any atom is 0.327 e. The Hall–Kier alpha value is -1.41. The summed E-state index contributed by atoms with van der Waals surface area (Å²) in [5, 5.41) is 10.5. The van der Waals surface area contributed by atoms with Crippen molar-refractivity contribution in [3.8, 4) is 0 Å². The highest BCUT2D eigenvalue weighted by atomic mass is 79.9. The minimum atomic E-state index is -0.511. The third kappa shape index (κ3) is 4.82. The third-order valence-corrected chi connectivity index (χ3v) is 3.94. The summed E-state index contributed by atoms with van der Waals surface area (Å²) in [6.07, 6.45) is 5.06. The second-order valence-corrected chi connectivity index (χ2v) is 5.71. The summed E-state index contributed by atoms with van der Waals surface area (Å²) < 4.78 is 5.96. The van der Waals surface area contributed by atoms with Crippen molar-refractivity contribution >= 4 is 27.6 Å². The second-order valence-electron chi connectivity index (χ2n) is 4.92. The monoisotopic (exact) mass is 358 g/mol. The zero-order valence-electron chi connectivity index (χ0n) is 11.9. The molecule has 0 radical (unpaired) electrons. The molecule has 1 aliphatic carbocycles. The number of ether oxygens (including phenoxy) is 1. The fourth-order valence-corrected chi connectivity index (χ4v) is 2.24. The summed E-state index contributed by atoms with van der Waals surface area (Å²) in [6.45, 7) is 1.52. The molecule has 116 valence electrons. The number of halogens is 1. The lowest BCUT2D eigenvalue weighted by atomic mass is 10.4. The summed E-state index contributed by atoms with van der Waals surface area (Å²) in [5.74, 6) is -0.511. The summed E-state index contributed by atoms with van der Waals surface area (Å²) in [4.78, 5) is 23.2. The minimum Gasteiger partial charge on any atom is -0.468 e. The molecule has 2 N–H and O–H groups in total. The number of carbonyl (C=O) groups excluding carboxylic acids is 1. The van der Waals surface area contributed by atoms with Crippen LogP contribution in [-0.4, -0.2) is 42.0 Å². The Labute approximate surface area is 131 Å². The molecular formula is C13H19BrN4O3. The van der Waals surface area contributed by atoms with Crippen LogP contribution in [0.25, 0.3) is 0 Å². The van der Waals surface area contributed by atoms with Gasteiger partial charge in [-0.3, -0.25) is 9.59 Å². The summed E-state index contributed by atoms with van der Waals surface area (Å²) in [6, 6.07) is 0.709. The molecule has 1 fully saturated rings. The van der Waals surface area contributed by atoms with Crippen LogP contribution in [0.5, 0.6) is 0 Å². The van der Waals surface area contributed by atoms with Crippen LogP contribution >= 0.6 is 15.9 Å². The fraction of sp³-hybridized carbons (Fsp3) is 0.615. The molecule has 0 spiro atoms. The van der Waals surface area contributed by atoms with Gasteiger partial charge in [0.15, 0.2) is 0 Å². The van der Waals surface area contributed by atoms with Gasteiger partial charge in [-0.15, -0.1) is 0 Å². The van der Waals surface area contributed by atoms with Gasteiger partial charge in [0, 0.05) is 12.6 Å². The van der Waals surface area contributed by atoms with Crippen molar-refractivity contribution in [2.75, 3.05) is 25.5 Å². The predicted molar refractivity (Wildman–Crippen MR) is 82.3 cm³/mol. The van der Waals surface area contributed by atoms with E-state index in [0.717, 1.165) is 24.2 Å². The van der Waals surface area contributed by atoms with Gasteiger partial charge in [-0.1, -0.05) is 0 Å². The zero-order chi connectivity index (χ0) is 15.2. The van der Waals surface area contributed by atoms with Crippen molar-refractivity contribution in [2.45, 2.75) is 31.8 Å². The summed E-state index contributed by atoms with van der Waals surface area (Å²) >= 11 is 3.24. The number of esters is 1. The van der Waals surface area contributed by atoms with Gasteiger partial charge in [-0.2, -0.15) is 5.10 Å². The van der Waals surface area contributed by atoms with E-state index in [2.05, 4.69) is 36.4 Å². The average Bonchev–Trinajstić information content (AvgIpc) is 3.29. The molecular weight excluding hydrogens is 340 g/mol. The Bertz CT molecular complexity index is 557. The lowest BCUT2D eigenvalue weighted by molar-refractivity contribution is -0.141. The van der Waals surface area contributed by atoms with E-state index in [1.807, 2.05) is 0 Å². The van der Waals surface area contributed by atoms with Crippen molar-refractivity contribution < 1.29 is 9.53 Å². The number of nitrogens with zero attached hydrogens (tertiary/aromatic N) is 2. The van der Waals surface area contributed by atoms with Gasteiger partial charge in [0.05, 0.1) is 19.0 Å². The highest BCUT2D eigenvalue weighted by Crippen LogP contribution is 2.18. The molecule has 8 heteroatoms. The Balaban J connectivity index is 1.86. The molecule has 0 saturated heterocycles. The van der Waals surface area contributed by atoms with Crippen LogP contribution in [0.15, 0.2) is 15.5 Å². The number of methoxy groups -OCH3 is 1. The number of nitrogens with one attached hydrogen (secondary N) is 2. The van der Waals surface area contributed by atoms with Crippen LogP contribution < -0.4 is 16.2 Å². The van der Waals surface area contributed by atoms with Gasteiger partial charge in [-0.25, -0.2) is 4.68 Å². The Kier molecular flexibility index (Phi) is 5.75. The van der Waals surface area contributed by atoms with Crippen molar-refractivity contribution in [3.05, 3.63) is 21.0 Å². The lowest BCUT2D eigenvalue weighted by Gasteiger charge is -2.10. The van der Waals surface area contributed by atoms with Gasteiger partial charge in [0.2, 0.25) is 0 Å². The molecule has 1 aromatic heterocycles. The van der Waals surface area contributed by atoms with E-state index >= 15 is 0 Å². The number of hydrogen-bond donors (Lipinski definition) is 2. The molecule has 1 saturated carbocycles. The van der Waals surface area contributed by atoms with Crippen LogP contribution in [0.4, 0.5) is 5.69 Å². The molecule has 1 aliphatic rings. The largest absolute Gasteiger partial charge is 0.468 e. The van der Waals surface area contributed by atoms with E-state index in [9.17, 15) is 9.59 Å². The van der Waals surface area contributed by atoms with Crippen molar-refractivity contribution in [2.24, 2.45) is 0 Å². The first-order valence-electron chi connectivity index (χ1n) is 6.91. The van der Waals surface area contributed by atoms with E-state index in [1.54, 1.807) is 0 Å². The topological polar surface area (TPSA) is 85.2 Å². The highest BCUT2D eigenvalue weighted by Gasteiger charge is 2.19. The molecule has 0 atom stereocenters. The van der Waals surface area contributed by atoms with Gasteiger partial charge >= 0.3 is 5.97 Å². The van der Waals surface area contributed by atoms with E-state index in [-0.39, 0.29) is 12.1 Å². The molecule has 1 heterocycles. The SMILES string of the molecule is COC(=O)Cn1ncc(NCCCNC2CC2)c(Br)c1=O. The van der Waals surface area contributed by atoms with E-state index in [0.29, 0.717) is 16.2 Å². The lowest BCUT2D eigenvalue weighted by Crippen LogP contribution is -2.28. The smallest absolute Gasteiger partial charge is 0.327 e. The molecule has 1 aromatic rings. The van der Waals surface area contributed by atoms with E-state index in [4.69, 9.17) is 0 Å². The molecule has 0 unspecified atom stereocenters. The standard InChI is InChI=1S/C13H19BrN4O3/c1-21-11(19)8-18-13(20)12(14)10(7-17-18)16-6-2-5-15-9-3-4-9/h7,9,15-16H,2-6,8H2,1H3. The highest BCUT2D eigenvalue weighted by molar-refractivity contribution is 9.10. The third-order valence-electron chi connectivity index (χ3n) is 3.17. The summed E-state index contributed by atoms with van der Waals surface area (Å²) in [5.41, 5.74) is 0.272. The van der Waals surface area contributed by atoms with Gasteiger partial charge in [0.25, 0.3) is 5.56 Å². The van der Waals surface area contributed by atoms with Crippen LogP contribution in [0, 0.1) is 0 Å². The Morgan fingerprint density at radius 3 is 2.95 bits per heavy atom. The number of rotatable bonds is 8. The Morgan fingerprint density at radius 1 is 1.52 bits per heavy atom. The quantitative estimate of drug-likeness (QED) is 0.526. The van der Waals surface area contributed by atoms with Crippen molar-refractivity contribution in [1.82, 2.24) is 15.1 Å². The number of anilines is 1. The molecule has 0 amide bonds. The average molecular weight is 359 g/mol. The first-order valence-corrected chi connectivity index (χ1v) is 7.71. The van der Waals surface area contributed by atoms with E-state index < -0.39 is 5.97 Å². The summed E-state index contributed by atoms with van der Waals surface area (Å²) in [7, 11) is 1.27. The van der Waals surface area contributed by atoms with Crippen LogP contribution in [-0.2, 0) is 16.1 Å². The molecule has 7 nitrogen and oxygen atoms in total. The van der Waals surface area contributed by atoms with Gasteiger partial charge < -0.3 is 15.4 Å². The van der Waals surface area contributed by atoms with Crippen LogP contribution in [0.1, 0.15) is 19.3 Å². The number of hydrogen-bond acceptors (Lipinski definition) is 6. The fourth-order valence-electron chi connectivity index (χ4n) is 1.79. The molecule has 21 heavy (non-hydrogen) atoms. The van der Waals surface area contributed by atoms with Crippen molar-refractivity contribution in [3.63, 3.8) is 0 Å². The number of carbonyl (C=O) groups is 1.